The van der Waals surface area contributed by atoms with E-state index in [2.05, 4.69) is 4.98 Å². The first kappa shape index (κ1) is 20.0. The molecule has 0 bridgehead atoms. The van der Waals surface area contributed by atoms with Crippen molar-refractivity contribution in [2.24, 2.45) is 0 Å². The van der Waals surface area contributed by atoms with Gasteiger partial charge in [0.2, 0.25) is 27.7 Å². The maximum atomic E-state index is 13.0. The SMILES string of the molecule is COc1ccc(N(C(=O)C(C)c2ccc(Cl)cc2)S(C)(=O)=O)c(OC)n1. The Labute approximate surface area is 157 Å². The Bertz CT molecular complexity index is 900. The molecule has 2 aromatic rings. The summed E-state index contributed by atoms with van der Waals surface area (Å²) >= 11 is 5.87. The molecule has 0 radical (unpaired) electrons. The molecule has 1 atom stereocenters. The van der Waals surface area contributed by atoms with E-state index in [4.69, 9.17) is 21.1 Å². The zero-order valence-electron chi connectivity index (χ0n) is 14.8. The van der Waals surface area contributed by atoms with E-state index < -0.39 is 21.8 Å². The van der Waals surface area contributed by atoms with Crippen molar-refractivity contribution in [3.63, 3.8) is 0 Å². The van der Waals surface area contributed by atoms with Crippen LogP contribution in [0.1, 0.15) is 18.4 Å². The smallest absolute Gasteiger partial charge is 0.248 e. The fourth-order valence-corrected chi connectivity index (χ4v) is 3.47. The van der Waals surface area contributed by atoms with Crippen LogP contribution in [0, 0.1) is 0 Å². The highest BCUT2D eigenvalue weighted by Gasteiger charge is 2.33. The van der Waals surface area contributed by atoms with Gasteiger partial charge in [0.25, 0.3) is 0 Å². The summed E-state index contributed by atoms with van der Waals surface area (Å²) in [7, 11) is -1.18. The van der Waals surface area contributed by atoms with Gasteiger partial charge in [0.1, 0.15) is 5.69 Å². The van der Waals surface area contributed by atoms with E-state index in [1.165, 1.54) is 26.4 Å². The van der Waals surface area contributed by atoms with Gasteiger partial charge in [-0.15, -0.1) is 0 Å². The van der Waals surface area contributed by atoms with Crippen LogP contribution < -0.4 is 13.8 Å². The number of methoxy groups -OCH3 is 2. The molecule has 1 aromatic carbocycles. The van der Waals surface area contributed by atoms with Crippen molar-refractivity contribution in [2.45, 2.75) is 12.8 Å². The minimum Gasteiger partial charge on any atom is -0.481 e. The van der Waals surface area contributed by atoms with Gasteiger partial charge in [0.05, 0.1) is 26.4 Å². The molecule has 1 heterocycles. The van der Waals surface area contributed by atoms with Crippen LogP contribution in [-0.4, -0.2) is 39.8 Å². The number of carbonyl (C=O) groups is 1. The van der Waals surface area contributed by atoms with Crippen molar-refractivity contribution in [2.75, 3.05) is 24.8 Å². The average Bonchev–Trinajstić information content (AvgIpc) is 2.60. The summed E-state index contributed by atoms with van der Waals surface area (Å²) in [6, 6.07) is 9.50. The Morgan fingerprint density at radius 3 is 2.23 bits per heavy atom. The highest BCUT2D eigenvalue weighted by atomic mass is 35.5. The average molecular weight is 399 g/mol. The number of anilines is 1. The van der Waals surface area contributed by atoms with Crippen molar-refractivity contribution in [1.29, 1.82) is 0 Å². The Kier molecular flexibility index (Phi) is 6.09. The van der Waals surface area contributed by atoms with Crippen molar-refractivity contribution in [3.8, 4) is 11.8 Å². The quantitative estimate of drug-likeness (QED) is 0.743. The Hall–Kier alpha value is -2.32. The number of ether oxygens (including phenoxy) is 2. The van der Waals surface area contributed by atoms with Crippen molar-refractivity contribution in [3.05, 3.63) is 47.0 Å². The Morgan fingerprint density at radius 1 is 1.12 bits per heavy atom. The first-order valence-corrected chi connectivity index (χ1v) is 9.80. The first-order chi connectivity index (χ1) is 12.2. The molecule has 0 aliphatic carbocycles. The summed E-state index contributed by atoms with van der Waals surface area (Å²) in [5.41, 5.74) is 0.648. The number of hydrogen-bond donors (Lipinski definition) is 0. The molecule has 0 spiro atoms. The predicted molar refractivity (Wildman–Crippen MR) is 99.5 cm³/mol. The van der Waals surface area contributed by atoms with E-state index in [1.807, 2.05) is 0 Å². The van der Waals surface area contributed by atoms with Gasteiger partial charge in [0.15, 0.2) is 0 Å². The number of rotatable bonds is 6. The lowest BCUT2D eigenvalue weighted by Gasteiger charge is -2.25. The number of aromatic nitrogens is 1. The van der Waals surface area contributed by atoms with E-state index in [0.29, 0.717) is 14.9 Å². The van der Waals surface area contributed by atoms with E-state index >= 15 is 0 Å². The van der Waals surface area contributed by atoms with Crippen LogP contribution in [0.5, 0.6) is 11.8 Å². The van der Waals surface area contributed by atoms with Crippen molar-refractivity contribution in [1.82, 2.24) is 4.98 Å². The molecule has 0 saturated carbocycles. The number of pyridine rings is 1. The fourth-order valence-electron chi connectivity index (χ4n) is 2.37. The lowest BCUT2D eigenvalue weighted by Crippen LogP contribution is -2.39. The molecule has 0 N–H and O–H groups in total. The molecule has 0 saturated heterocycles. The topological polar surface area (TPSA) is 85.8 Å². The number of sulfonamides is 1. The van der Waals surface area contributed by atoms with Crippen LogP contribution in [-0.2, 0) is 14.8 Å². The van der Waals surface area contributed by atoms with Gasteiger partial charge in [-0.05, 0) is 30.7 Å². The summed E-state index contributed by atoms with van der Waals surface area (Å²) in [6.07, 6.45) is 0.948. The van der Waals surface area contributed by atoms with Crippen LogP contribution >= 0.6 is 11.6 Å². The molecule has 7 nitrogen and oxygen atoms in total. The monoisotopic (exact) mass is 398 g/mol. The van der Waals surface area contributed by atoms with Crippen LogP contribution in [0.15, 0.2) is 36.4 Å². The van der Waals surface area contributed by atoms with Gasteiger partial charge in [0, 0.05) is 11.1 Å². The number of hydrogen-bond acceptors (Lipinski definition) is 6. The standard InChI is InChI=1S/C17H19ClN2O5S/c1-11(12-5-7-13(18)8-6-12)17(21)20(26(4,22)23)14-9-10-15(24-2)19-16(14)25-3/h5-11H,1-4H3. The molecular weight excluding hydrogens is 380 g/mol. The number of amides is 1. The van der Waals surface area contributed by atoms with Crippen molar-refractivity contribution >= 4 is 33.2 Å². The summed E-state index contributed by atoms with van der Waals surface area (Å²) < 4.78 is 35.6. The molecule has 9 heteroatoms. The lowest BCUT2D eigenvalue weighted by atomic mass is 10.0. The molecule has 2 rings (SSSR count). The minimum absolute atomic E-state index is 0.0154. The zero-order chi connectivity index (χ0) is 19.5. The summed E-state index contributed by atoms with van der Waals surface area (Å²) in [6.45, 7) is 1.62. The minimum atomic E-state index is -3.93. The maximum Gasteiger partial charge on any atom is 0.248 e. The van der Waals surface area contributed by atoms with Gasteiger partial charge < -0.3 is 9.47 Å². The van der Waals surface area contributed by atoms with Gasteiger partial charge in [-0.1, -0.05) is 23.7 Å². The molecular formula is C17H19ClN2O5S. The third kappa shape index (κ3) is 4.25. The van der Waals surface area contributed by atoms with E-state index in [9.17, 15) is 13.2 Å². The van der Waals surface area contributed by atoms with Crippen LogP contribution in [0.4, 0.5) is 5.69 Å². The second kappa shape index (κ2) is 7.92. The second-order valence-corrected chi connectivity index (χ2v) is 7.79. The molecule has 0 aliphatic rings. The van der Waals surface area contributed by atoms with E-state index in [1.54, 1.807) is 31.2 Å². The van der Waals surface area contributed by atoms with E-state index in [-0.39, 0.29) is 17.4 Å². The highest BCUT2D eigenvalue weighted by molar-refractivity contribution is 7.92. The molecule has 1 amide bonds. The third-order valence-corrected chi connectivity index (χ3v) is 5.00. The lowest BCUT2D eigenvalue weighted by molar-refractivity contribution is -0.118. The van der Waals surface area contributed by atoms with Gasteiger partial charge in [-0.3, -0.25) is 4.79 Å². The first-order valence-electron chi connectivity index (χ1n) is 7.57. The number of benzene rings is 1. The number of halogens is 1. The third-order valence-electron chi connectivity index (χ3n) is 3.71. The van der Waals surface area contributed by atoms with Crippen LogP contribution in [0.3, 0.4) is 0 Å². The molecule has 1 aromatic heterocycles. The molecule has 140 valence electrons. The molecule has 1 unspecified atom stereocenters. The summed E-state index contributed by atoms with van der Waals surface area (Å²) in [5.74, 6) is -1.17. The number of carbonyl (C=O) groups excluding carboxylic acids is 1. The normalized spacial score (nSPS) is 12.3. The molecule has 0 fully saturated rings. The molecule has 26 heavy (non-hydrogen) atoms. The second-order valence-electron chi connectivity index (χ2n) is 5.52. The van der Waals surface area contributed by atoms with Crippen LogP contribution in [0.25, 0.3) is 0 Å². The zero-order valence-corrected chi connectivity index (χ0v) is 16.3. The van der Waals surface area contributed by atoms with Gasteiger partial charge >= 0.3 is 0 Å². The van der Waals surface area contributed by atoms with Crippen LogP contribution in [0.2, 0.25) is 5.02 Å². The van der Waals surface area contributed by atoms with Gasteiger partial charge in [-0.2, -0.15) is 4.98 Å². The van der Waals surface area contributed by atoms with Crippen molar-refractivity contribution < 1.29 is 22.7 Å². The van der Waals surface area contributed by atoms with E-state index in [0.717, 1.165) is 6.26 Å². The largest absolute Gasteiger partial charge is 0.481 e. The summed E-state index contributed by atoms with van der Waals surface area (Å²) in [5, 5.41) is 0.523. The fraction of sp³-hybridized carbons (Fsp3) is 0.294. The molecule has 0 aliphatic heterocycles. The number of nitrogens with zero attached hydrogens (tertiary/aromatic N) is 2. The summed E-state index contributed by atoms with van der Waals surface area (Å²) in [4.78, 5) is 17.0. The Balaban J connectivity index is 2.52. The highest BCUT2D eigenvalue weighted by Crippen LogP contribution is 2.33. The van der Waals surface area contributed by atoms with Gasteiger partial charge in [-0.25, -0.2) is 12.7 Å². The predicted octanol–water partition coefficient (Wildman–Crippen LogP) is 2.85. The maximum absolute atomic E-state index is 13.0. The Morgan fingerprint density at radius 2 is 1.73 bits per heavy atom.